The number of aromatic amines is 1. The summed E-state index contributed by atoms with van der Waals surface area (Å²) in [4.78, 5) is 30.8. The number of aromatic nitrogens is 2. The minimum absolute atomic E-state index is 0.112. The molecule has 26 heavy (non-hydrogen) atoms. The molecule has 2 N–H and O–H groups in total. The second-order valence-corrected chi connectivity index (χ2v) is 7.58. The van der Waals surface area contributed by atoms with E-state index in [-0.39, 0.29) is 17.2 Å². The molecular weight excluding hydrogens is 370 g/mol. The Bertz CT molecular complexity index is 763. The molecule has 6 nitrogen and oxygen atoms in total. The minimum atomic E-state index is -0.187. The van der Waals surface area contributed by atoms with Crippen LogP contribution in [-0.2, 0) is 17.1 Å². The number of nitrogens with one attached hydrogen (secondary N) is 2. The summed E-state index contributed by atoms with van der Waals surface area (Å²) in [5.74, 6) is 2.60. The molecule has 0 aliphatic heterocycles. The first-order chi connectivity index (χ1) is 12.6. The molecule has 0 atom stereocenters. The Morgan fingerprint density at radius 2 is 2.08 bits per heavy atom. The Morgan fingerprint density at radius 3 is 2.77 bits per heavy atom. The second kappa shape index (κ2) is 10.9. The van der Waals surface area contributed by atoms with Gasteiger partial charge in [0.2, 0.25) is 5.91 Å². The van der Waals surface area contributed by atoms with Gasteiger partial charge in [0.05, 0.1) is 18.6 Å². The molecule has 8 heteroatoms. The van der Waals surface area contributed by atoms with Gasteiger partial charge < -0.3 is 15.0 Å². The Morgan fingerprint density at radius 1 is 1.31 bits per heavy atom. The number of nitrogens with zero attached hydrogens (tertiary/aromatic N) is 1. The van der Waals surface area contributed by atoms with Crippen molar-refractivity contribution < 1.29 is 9.53 Å². The fourth-order valence-electron chi connectivity index (χ4n) is 2.08. The number of benzene rings is 1. The van der Waals surface area contributed by atoms with Crippen LogP contribution in [0.1, 0.15) is 24.6 Å². The van der Waals surface area contributed by atoms with Crippen molar-refractivity contribution in [2.45, 2.75) is 30.8 Å². The fourth-order valence-corrected chi connectivity index (χ4v) is 3.59. The Hall–Kier alpha value is -1.93. The third-order valence-corrected chi connectivity index (χ3v) is 5.43. The summed E-state index contributed by atoms with van der Waals surface area (Å²) in [6, 6.07) is 9.03. The van der Waals surface area contributed by atoms with E-state index in [2.05, 4.69) is 22.2 Å². The van der Waals surface area contributed by atoms with Crippen LogP contribution in [0.4, 0.5) is 0 Å². The summed E-state index contributed by atoms with van der Waals surface area (Å²) >= 11 is 2.97. The van der Waals surface area contributed by atoms with Crippen LogP contribution in [0.15, 0.2) is 40.3 Å². The predicted molar refractivity (Wildman–Crippen MR) is 107 cm³/mol. The number of hydrogen-bond acceptors (Lipinski definition) is 6. The standard InChI is InChI=1S/C18H23N3O3S2/c1-3-8-25-11-14-9-16(22)21-18(20-14)26-12-17(23)19-10-13-4-6-15(24-2)7-5-13/h4-7,9H,3,8,10-12H2,1-2H3,(H,19,23)(H,20,21,22). The zero-order valence-corrected chi connectivity index (χ0v) is 16.5. The Balaban J connectivity index is 1.81. The van der Waals surface area contributed by atoms with Gasteiger partial charge in [-0.3, -0.25) is 9.59 Å². The summed E-state index contributed by atoms with van der Waals surface area (Å²) in [5, 5.41) is 3.33. The molecule has 0 unspecified atom stereocenters. The molecular formula is C18H23N3O3S2. The summed E-state index contributed by atoms with van der Waals surface area (Å²) in [7, 11) is 1.61. The number of H-pyrrole nitrogens is 1. The van der Waals surface area contributed by atoms with Gasteiger partial charge in [-0.15, -0.1) is 0 Å². The van der Waals surface area contributed by atoms with Gasteiger partial charge >= 0.3 is 0 Å². The lowest BCUT2D eigenvalue weighted by molar-refractivity contribution is -0.118. The SMILES string of the molecule is CCCSCc1cc(=O)[nH]c(SCC(=O)NCc2ccc(OC)cc2)n1. The molecule has 0 fully saturated rings. The fraction of sp³-hybridized carbons (Fsp3) is 0.389. The van der Waals surface area contributed by atoms with Gasteiger partial charge in [-0.1, -0.05) is 30.8 Å². The van der Waals surface area contributed by atoms with Gasteiger partial charge in [0.15, 0.2) is 5.16 Å². The molecule has 140 valence electrons. The Labute approximate surface area is 161 Å². The quantitative estimate of drug-likeness (QED) is 0.367. The van der Waals surface area contributed by atoms with E-state index in [1.807, 2.05) is 24.3 Å². The van der Waals surface area contributed by atoms with Crippen LogP contribution >= 0.6 is 23.5 Å². The van der Waals surface area contributed by atoms with E-state index in [4.69, 9.17) is 4.74 Å². The monoisotopic (exact) mass is 393 g/mol. The lowest BCUT2D eigenvalue weighted by Crippen LogP contribution is -2.24. The smallest absolute Gasteiger partial charge is 0.251 e. The first-order valence-electron chi connectivity index (χ1n) is 8.31. The summed E-state index contributed by atoms with van der Waals surface area (Å²) in [6.07, 6.45) is 1.09. The summed E-state index contributed by atoms with van der Waals surface area (Å²) < 4.78 is 5.10. The van der Waals surface area contributed by atoms with Crippen LogP contribution < -0.4 is 15.6 Å². The molecule has 0 radical (unpaired) electrons. The molecule has 1 aromatic heterocycles. The highest BCUT2D eigenvalue weighted by Crippen LogP contribution is 2.15. The van der Waals surface area contributed by atoms with Crippen molar-refractivity contribution in [2.24, 2.45) is 0 Å². The third kappa shape index (κ3) is 7.13. The van der Waals surface area contributed by atoms with E-state index in [9.17, 15) is 9.59 Å². The highest BCUT2D eigenvalue weighted by atomic mass is 32.2. The van der Waals surface area contributed by atoms with E-state index < -0.39 is 0 Å². The maximum atomic E-state index is 12.0. The molecule has 1 aromatic carbocycles. The molecule has 2 rings (SSSR count). The first-order valence-corrected chi connectivity index (χ1v) is 10.4. The summed E-state index contributed by atoms with van der Waals surface area (Å²) in [6.45, 7) is 2.56. The average molecular weight is 394 g/mol. The molecule has 2 aromatic rings. The number of carbonyl (C=O) groups excluding carboxylic acids is 1. The van der Waals surface area contributed by atoms with Crippen LogP contribution in [0, 0.1) is 0 Å². The molecule has 0 spiro atoms. The highest BCUT2D eigenvalue weighted by Gasteiger charge is 2.07. The van der Waals surface area contributed by atoms with Crippen molar-refractivity contribution >= 4 is 29.4 Å². The normalized spacial score (nSPS) is 10.5. The average Bonchev–Trinajstić information content (AvgIpc) is 2.65. The molecule has 0 saturated heterocycles. The van der Waals surface area contributed by atoms with E-state index in [1.54, 1.807) is 18.9 Å². The van der Waals surface area contributed by atoms with Crippen molar-refractivity contribution in [3.63, 3.8) is 0 Å². The van der Waals surface area contributed by atoms with E-state index in [0.29, 0.717) is 17.5 Å². The molecule has 0 saturated carbocycles. The lowest BCUT2D eigenvalue weighted by atomic mass is 10.2. The van der Waals surface area contributed by atoms with Gasteiger partial charge in [-0.2, -0.15) is 11.8 Å². The first kappa shape index (κ1) is 20.4. The Kier molecular flexibility index (Phi) is 8.57. The van der Waals surface area contributed by atoms with E-state index in [1.165, 1.54) is 17.8 Å². The number of methoxy groups -OCH3 is 1. The summed E-state index contributed by atoms with van der Waals surface area (Å²) in [5.41, 5.74) is 1.55. The van der Waals surface area contributed by atoms with Crippen LogP contribution in [-0.4, -0.2) is 34.5 Å². The lowest BCUT2D eigenvalue weighted by Gasteiger charge is -2.07. The van der Waals surface area contributed by atoms with Crippen molar-refractivity contribution in [3.05, 3.63) is 51.9 Å². The number of carbonyl (C=O) groups is 1. The second-order valence-electron chi connectivity index (χ2n) is 5.51. The van der Waals surface area contributed by atoms with Gasteiger partial charge in [0, 0.05) is 18.4 Å². The van der Waals surface area contributed by atoms with Gasteiger partial charge in [-0.05, 0) is 29.9 Å². The van der Waals surface area contributed by atoms with Gasteiger partial charge in [0.25, 0.3) is 5.56 Å². The zero-order chi connectivity index (χ0) is 18.8. The maximum Gasteiger partial charge on any atom is 0.251 e. The predicted octanol–water partition coefficient (Wildman–Crippen LogP) is 2.83. The third-order valence-electron chi connectivity index (χ3n) is 3.36. The van der Waals surface area contributed by atoms with Crippen LogP contribution in [0.5, 0.6) is 5.75 Å². The maximum absolute atomic E-state index is 12.0. The van der Waals surface area contributed by atoms with Crippen LogP contribution in [0.2, 0.25) is 0 Å². The molecule has 1 amide bonds. The highest BCUT2D eigenvalue weighted by molar-refractivity contribution is 7.99. The van der Waals surface area contributed by atoms with E-state index >= 15 is 0 Å². The van der Waals surface area contributed by atoms with E-state index in [0.717, 1.165) is 29.2 Å². The molecule has 0 aliphatic carbocycles. The largest absolute Gasteiger partial charge is 0.497 e. The number of rotatable bonds is 10. The number of hydrogen-bond donors (Lipinski definition) is 2. The van der Waals surface area contributed by atoms with Crippen LogP contribution in [0.3, 0.4) is 0 Å². The van der Waals surface area contributed by atoms with Crippen molar-refractivity contribution in [1.29, 1.82) is 0 Å². The minimum Gasteiger partial charge on any atom is -0.497 e. The van der Waals surface area contributed by atoms with Gasteiger partial charge in [-0.25, -0.2) is 4.98 Å². The topological polar surface area (TPSA) is 84.1 Å². The van der Waals surface area contributed by atoms with Crippen molar-refractivity contribution in [1.82, 2.24) is 15.3 Å². The van der Waals surface area contributed by atoms with Crippen LogP contribution in [0.25, 0.3) is 0 Å². The van der Waals surface area contributed by atoms with Crippen molar-refractivity contribution in [2.75, 3.05) is 18.6 Å². The van der Waals surface area contributed by atoms with Crippen molar-refractivity contribution in [3.8, 4) is 5.75 Å². The number of thioether (sulfide) groups is 2. The zero-order valence-electron chi connectivity index (χ0n) is 14.9. The number of ether oxygens (including phenoxy) is 1. The van der Waals surface area contributed by atoms with Gasteiger partial charge in [0.1, 0.15) is 5.75 Å². The molecule has 1 heterocycles. The number of amides is 1. The molecule has 0 aliphatic rings. The molecule has 0 bridgehead atoms.